The van der Waals surface area contributed by atoms with Gasteiger partial charge in [-0.2, -0.15) is 0 Å². The van der Waals surface area contributed by atoms with Gasteiger partial charge in [0.05, 0.1) is 11.2 Å². The molecule has 2 aromatic carbocycles. The summed E-state index contributed by atoms with van der Waals surface area (Å²) in [6, 6.07) is 12.2. The predicted octanol–water partition coefficient (Wildman–Crippen LogP) is 4.65. The molecule has 0 aliphatic heterocycles. The number of aromatic nitrogens is 1. The van der Waals surface area contributed by atoms with Crippen LogP contribution >= 0.6 is 27.5 Å². The molecule has 23 heavy (non-hydrogen) atoms. The summed E-state index contributed by atoms with van der Waals surface area (Å²) < 4.78 is 0.676. The lowest BCUT2D eigenvalue weighted by Crippen LogP contribution is -2.04. The van der Waals surface area contributed by atoms with Gasteiger partial charge < -0.3 is 10.2 Å². The highest BCUT2D eigenvalue weighted by atomic mass is 79.9. The highest BCUT2D eigenvalue weighted by Crippen LogP contribution is 2.33. The van der Waals surface area contributed by atoms with Crippen molar-refractivity contribution in [2.45, 2.75) is 6.42 Å². The summed E-state index contributed by atoms with van der Waals surface area (Å²) in [7, 11) is 0. The first kappa shape index (κ1) is 15.8. The number of para-hydroxylation sites is 1. The van der Waals surface area contributed by atoms with Crippen molar-refractivity contribution in [3.8, 4) is 5.75 Å². The first-order valence-corrected chi connectivity index (χ1v) is 7.92. The van der Waals surface area contributed by atoms with Crippen LogP contribution in [-0.2, 0) is 6.42 Å². The maximum Gasteiger partial charge on any atom is 0.340 e. The van der Waals surface area contributed by atoms with Crippen LogP contribution in [0.25, 0.3) is 10.9 Å². The molecular weight excluding hydrogens is 382 g/mol. The number of nitrogens with zero attached hydrogens (tertiary/aromatic N) is 1. The van der Waals surface area contributed by atoms with Crippen LogP contribution in [0.3, 0.4) is 0 Å². The maximum absolute atomic E-state index is 11.6. The molecule has 0 saturated heterocycles. The molecule has 0 amide bonds. The van der Waals surface area contributed by atoms with Gasteiger partial charge in [0.2, 0.25) is 0 Å². The summed E-state index contributed by atoms with van der Waals surface area (Å²) in [5, 5.41) is 20.8. The van der Waals surface area contributed by atoms with Crippen LogP contribution in [-0.4, -0.2) is 21.2 Å². The minimum Gasteiger partial charge on any atom is -0.505 e. The zero-order valence-electron chi connectivity index (χ0n) is 11.8. The highest BCUT2D eigenvalue weighted by Gasteiger charge is 2.20. The van der Waals surface area contributed by atoms with Crippen molar-refractivity contribution in [3.63, 3.8) is 0 Å². The Morgan fingerprint density at radius 2 is 1.87 bits per heavy atom. The van der Waals surface area contributed by atoms with E-state index in [1.165, 1.54) is 0 Å². The summed E-state index contributed by atoms with van der Waals surface area (Å²) in [5.74, 6) is -1.50. The van der Waals surface area contributed by atoms with E-state index < -0.39 is 5.97 Å². The van der Waals surface area contributed by atoms with E-state index in [2.05, 4.69) is 20.9 Å². The van der Waals surface area contributed by atoms with Crippen molar-refractivity contribution in [3.05, 3.63) is 68.8 Å². The normalized spacial score (nSPS) is 10.9. The summed E-state index contributed by atoms with van der Waals surface area (Å²) >= 11 is 9.24. The summed E-state index contributed by atoms with van der Waals surface area (Å²) in [6.45, 7) is 0. The number of carboxylic acid groups (broad SMARTS) is 1. The van der Waals surface area contributed by atoms with E-state index >= 15 is 0 Å². The Labute approximate surface area is 145 Å². The highest BCUT2D eigenvalue weighted by molar-refractivity contribution is 9.10. The number of aromatic hydroxyl groups is 1. The molecule has 0 bridgehead atoms. The molecule has 0 atom stereocenters. The number of rotatable bonds is 3. The molecule has 0 unspecified atom stereocenters. The molecule has 0 saturated carbocycles. The topological polar surface area (TPSA) is 70.4 Å². The van der Waals surface area contributed by atoms with Crippen molar-refractivity contribution in [2.24, 2.45) is 0 Å². The Hall–Kier alpha value is -2.11. The second kappa shape index (κ2) is 6.18. The quantitative estimate of drug-likeness (QED) is 0.681. The third kappa shape index (κ3) is 3.02. The second-order valence-electron chi connectivity index (χ2n) is 5.03. The molecule has 6 heteroatoms. The van der Waals surface area contributed by atoms with E-state index in [9.17, 15) is 15.0 Å². The van der Waals surface area contributed by atoms with Gasteiger partial charge in [0, 0.05) is 21.3 Å². The molecule has 0 aliphatic carbocycles. The molecule has 1 aromatic heterocycles. The molecule has 0 fully saturated rings. The van der Waals surface area contributed by atoms with Gasteiger partial charge in [-0.25, -0.2) is 9.78 Å². The van der Waals surface area contributed by atoms with Crippen molar-refractivity contribution in [1.82, 2.24) is 4.98 Å². The zero-order valence-corrected chi connectivity index (χ0v) is 14.1. The minimum atomic E-state index is -1.19. The van der Waals surface area contributed by atoms with Crippen LogP contribution in [0.1, 0.15) is 21.6 Å². The van der Waals surface area contributed by atoms with Gasteiger partial charge in [-0.05, 0) is 39.7 Å². The number of pyridine rings is 1. The van der Waals surface area contributed by atoms with Crippen LogP contribution in [0.15, 0.2) is 46.9 Å². The number of hydrogen-bond acceptors (Lipinski definition) is 3. The van der Waals surface area contributed by atoms with Crippen LogP contribution in [0.4, 0.5) is 0 Å². The molecule has 0 spiro atoms. The van der Waals surface area contributed by atoms with Gasteiger partial charge in [0.1, 0.15) is 5.56 Å². The molecule has 2 N–H and O–H groups in total. The fraction of sp³-hybridized carbons (Fsp3) is 0.0588. The average Bonchev–Trinajstić information content (AvgIpc) is 2.51. The third-order valence-electron chi connectivity index (χ3n) is 3.51. The van der Waals surface area contributed by atoms with Crippen molar-refractivity contribution in [2.75, 3.05) is 0 Å². The number of carboxylic acids is 1. The van der Waals surface area contributed by atoms with Crippen LogP contribution in [0.2, 0.25) is 5.02 Å². The average molecular weight is 393 g/mol. The monoisotopic (exact) mass is 391 g/mol. The zero-order chi connectivity index (χ0) is 16.6. The largest absolute Gasteiger partial charge is 0.505 e. The molecule has 1 heterocycles. The van der Waals surface area contributed by atoms with Gasteiger partial charge in [0.25, 0.3) is 0 Å². The van der Waals surface area contributed by atoms with Gasteiger partial charge in [-0.1, -0.05) is 35.9 Å². The molecule has 0 radical (unpaired) electrons. The van der Waals surface area contributed by atoms with E-state index in [4.69, 9.17) is 11.6 Å². The number of hydrogen-bond donors (Lipinski definition) is 2. The Bertz CT molecular complexity index is 910. The molecule has 3 rings (SSSR count). The van der Waals surface area contributed by atoms with Gasteiger partial charge in [-0.15, -0.1) is 0 Å². The van der Waals surface area contributed by atoms with Crippen LogP contribution < -0.4 is 0 Å². The lowest BCUT2D eigenvalue weighted by Gasteiger charge is -2.11. The number of aromatic carboxylic acids is 1. The van der Waals surface area contributed by atoms with E-state index in [0.717, 1.165) is 5.56 Å². The lowest BCUT2D eigenvalue weighted by molar-refractivity contribution is 0.0695. The van der Waals surface area contributed by atoms with E-state index in [0.29, 0.717) is 32.5 Å². The number of benzene rings is 2. The summed E-state index contributed by atoms with van der Waals surface area (Å²) in [4.78, 5) is 16.0. The smallest absolute Gasteiger partial charge is 0.340 e. The molecule has 0 aliphatic rings. The first-order valence-electron chi connectivity index (χ1n) is 6.75. The standard InChI is InChI=1S/C17H11BrClNO3/c18-12-3-1-2-11-14(17(22)23)16(21)13(20-15(11)12)8-9-4-6-10(19)7-5-9/h1-7,21H,8H2,(H,22,23). The second-order valence-corrected chi connectivity index (χ2v) is 6.32. The number of halogens is 2. The molecule has 4 nitrogen and oxygen atoms in total. The van der Waals surface area contributed by atoms with Crippen LogP contribution in [0, 0.1) is 0 Å². The molecular formula is C17H11BrClNO3. The van der Waals surface area contributed by atoms with Crippen molar-refractivity contribution >= 4 is 44.4 Å². The van der Waals surface area contributed by atoms with Crippen LogP contribution in [0.5, 0.6) is 5.75 Å². The Morgan fingerprint density at radius 3 is 2.52 bits per heavy atom. The first-order chi connectivity index (χ1) is 11.0. The fourth-order valence-corrected chi connectivity index (χ4v) is 3.01. The van der Waals surface area contributed by atoms with Crippen molar-refractivity contribution in [1.29, 1.82) is 0 Å². The maximum atomic E-state index is 11.6. The Balaban J connectivity index is 2.20. The molecule has 116 valence electrons. The van der Waals surface area contributed by atoms with E-state index in [1.54, 1.807) is 30.3 Å². The predicted molar refractivity (Wildman–Crippen MR) is 92.3 cm³/mol. The van der Waals surface area contributed by atoms with E-state index in [1.807, 2.05) is 12.1 Å². The lowest BCUT2D eigenvalue weighted by atomic mass is 10.0. The number of fused-ring (bicyclic) bond motifs is 1. The van der Waals surface area contributed by atoms with Gasteiger partial charge >= 0.3 is 5.97 Å². The fourth-order valence-electron chi connectivity index (χ4n) is 2.43. The minimum absolute atomic E-state index is 0.139. The summed E-state index contributed by atoms with van der Waals surface area (Å²) in [6.07, 6.45) is 0.306. The van der Waals surface area contributed by atoms with Crippen molar-refractivity contribution < 1.29 is 15.0 Å². The number of carbonyl (C=O) groups is 1. The Kier molecular flexibility index (Phi) is 4.24. The van der Waals surface area contributed by atoms with Gasteiger partial charge in [-0.3, -0.25) is 0 Å². The summed E-state index contributed by atoms with van der Waals surface area (Å²) in [5.41, 5.74) is 1.55. The van der Waals surface area contributed by atoms with Gasteiger partial charge in [0.15, 0.2) is 5.75 Å². The third-order valence-corrected chi connectivity index (χ3v) is 4.40. The SMILES string of the molecule is O=C(O)c1c(O)c(Cc2ccc(Cl)cc2)nc2c(Br)cccc12. The molecule has 3 aromatic rings. The Morgan fingerprint density at radius 1 is 1.17 bits per heavy atom. The van der Waals surface area contributed by atoms with E-state index in [-0.39, 0.29) is 11.3 Å².